The van der Waals surface area contributed by atoms with Crippen LogP contribution in [-0.4, -0.2) is 37.0 Å². The minimum absolute atomic E-state index is 0.0866. The number of Topliss-reactive ketones (excluding diaryl/α,β-unsaturated/α-hetero) is 1. The monoisotopic (exact) mass is 211 g/mol. The van der Waals surface area contributed by atoms with Crippen LogP contribution >= 0.6 is 0 Å². The van der Waals surface area contributed by atoms with Crippen LogP contribution in [0.5, 0.6) is 0 Å². The van der Waals surface area contributed by atoms with Crippen LogP contribution in [0, 0.1) is 0 Å². The standard InChI is InChI=1S/C9H16F3NO/c1-8(14)5-3-4-6-13(2)7-9(10,11)12/h3-7H2,1-2H3. The first-order valence-electron chi connectivity index (χ1n) is 4.56. The Labute approximate surface area is 82.1 Å². The number of halogens is 3. The molecule has 0 aromatic rings. The van der Waals surface area contributed by atoms with Gasteiger partial charge in [0.15, 0.2) is 0 Å². The van der Waals surface area contributed by atoms with E-state index < -0.39 is 12.7 Å². The Hall–Kier alpha value is -0.580. The lowest BCUT2D eigenvalue weighted by Crippen LogP contribution is -2.31. The molecule has 0 bridgehead atoms. The molecule has 84 valence electrons. The summed E-state index contributed by atoms with van der Waals surface area (Å²) in [5, 5.41) is 0. The molecule has 0 N–H and O–H groups in total. The summed E-state index contributed by atoms with van der Waals surface area (Å²) in [5.74, 6) is 0.0866. The number of alkyl halides is 3. The summed E-state index contributed by atoms with van der Waals surface area (Å²) in [6, 6.07) is 0. The van der Waals surface area contributed by atoms with Gasteiger partial charge in [-0.05, 0) is 33.4 Å². The first-order valence-corrected chi connectivity index (χ1v) is 4.56. The molecule has 2 nitrogen and oxygen atoms in total. The molecular weight excluding hydrogens is 195 g/mol. The molecule has 0 heterocycles. The number of nitrogens with zero attached hydrogens (tertiary/aromatic N) is 1. The SMILES string of the molecule is CC(=O)CCCCN(C)CC(F)(F)F. The average Bonchev–Trinajstić information content (AvgIpc) is 1.94. The molecule has 0 saturated carbocycles. The van der Waals surface area contributed by atoms with Gasteiger partial charge in [-0.15, -0.1) is 0 Å². The van der Waals surface area contributed by atoms with Gasteiger partial charge >= 0.3 is 6.18 Å². The molecule has 0 fully saturated rings. The Morgan fingerprint density at radius 2 is 1.86 bits per heavy atom. The van der Waals surface area contributed by atoms with E-state index in [1.165, 1.54) is 18.9 Å². The maximum absolute atomic E-state index is 11.8. The van der Waals surface area contributed by atoms with Crippen molar-refractivity contribution in [1.82, 2.24) is 4.90 Å². The highest BCUT2D eigenvalue weighted by Crippen LogP contribution is 2.15. The van der Waals surface area contributed by atoms with E-state index >= 15 is 0 Å². The molecule has 0 radical (unpaired) electrons. The summed E-state index contributed by atoms with van der Waals surface area (Å²) in [5.41, 5.74) is 0. The Balaban J connectivity index is 3.45. The lowest BCUT2D eigenvalue weighted by atomic mass is 10.2. The van der Waals surface area contributed by atoms with Crippen molar-refractivity contribution in [2.45, 2.75) is 32.4 Å². The van der Waals surface area contributed by atoms with E-state index in [9.17, 15) is 18.0 Å². The summed E-state index contributed by atoms with van der Waals surface area (Å²) in [7, 11) is 1.43. The second kappa shape index (κ2) is 6.01. The molecule has 0 saturated heterocycles. The second-order valence-corrected chi connectivity index (χ2v) is 3.51. The van der Waals surface area contributed by atoms with E-state index in [0.717, 1.165) is 0 Å². The van der Waals surface area contributed by atoms with Gasteiger partial charge in [0.1, 0.15) is 5.78 Å². The van der Waals surface area contributed by atoms with Gasteiger partial charge < -0.3 is 4.79 Å². The van der Waals surface area contributed by atoms with E-state index in [4.69, 9.17) is 0 Å². The molecule has 0 aromatic heterocycles. The molecule has 5 heteroatoms. The Kier molecular flexibility index (Phi) is 5.76. The molecule has 0 rings (SSSR count). The molecule has 0 amide bonds. The number of carbonyl (C=O) groups excluding carboxylic acids is 1. The smallest absolute Gasteiger partial charge is 0.300 e. The van der Waals surface area contributed by atoms with Crippen molar-refractivity contribution in [3.8, 4) is 0 Å². The topological polar surface area (TPSA) is 20.3 Å². The summed E-state index contributed by atoms with van der Waals surface area (Å²) in [6.07, 6.45) is -2.38. The number of ketones is 1. The molecule has 14 heavy (non-hydrogen) atoms. The molecule has 0 unspecified atom stereocenters. The first kappa shape index (κ1) is 13.4. The van der Waals surface area contributed by atoms with E-state index in [-0.39, 0.29) is 5.78 Å². The fourth-order valence-electron chi connectivity index (χ4n) is 1.14. The zero-order valence-corrected chi connectivity index (χ0v) is 8.52. The summed E-state index contributed by atoms with van der Waals surface area (Å²) in [6.45, 7) is 0.985. The lowest BCUT2D eigenvalue weighted by Gasteiger charge is -2.17. The number of rotatable bonds is 6. The van der Waals surface area contributed by atoms with Gasteiger partial charge in [-0.3, -0.25) is 4.90 Å². The molecule has 0 aliphatic rings. The summed E-state index contributed by atoms with van der Waals surface area (Å²) in [4.78, 5) is 11.7. The largest absolute Gasteiger partial charge is 0.401 e. The molecule has 0 atom stereocenters. The van der Waals surface area contributed by atoms with Crippen molar-refractivity contribution in [1.29, 1.82) is 0 Å². The summed E-state index contributed by atoms with van der Waals surface area (Å²) < 4.78 is 35.5. The van der Waals surface area contributed by atoms with Gasteiger partial charge in [0.05, 0.1) is 6.54 Å². The van der Waals surface area contributed by atoms with Gasteiger partial charge in [0, 0.05) is 6.42 Å². The van der Waals surface area contributed by atoms with Gasteiger partial charge in [-0.1, -0.05) is 0 Å². The van der Waals surface area contributed by atoms with Crippen LogP contribution in [0.25, 0.3) is 0 Å². The van der Waals surface area contributed by atoms with Gasteiger partial charge in [-0.2, -0.15) is 13.2 Å². The third-order valence-electron chi connectivity index (χ3n) is 1.77. The van der Waals surface area contributed by atoms with Crippen LogP contribution in [0.4, 0.5) is 13.2 Å². The fraction of sp³-hybridized carbons (Fsp3) is 0.889. The average molecular weight is 211 g/mol. The van der Waals surface area contributed by atoms with Crippen LogP contribution < -0.4 is 0 Å². The lowest BCUT2D eigenvalue weighted by molar-refractivity contribution is -0.143. The van der Waals surface area contributed by atoms with Crippen LogP contribution in [-0.2, 0) is 4.79 Å². The normalized spacial score (nSPS) is 12.1. The second-order valence-electron chi connectivity index (χ2n) is 3.51. The van der Waals surface area contributed by atoms with E-state index in [0.29, 0.717) is 25.8 Å². The Bertz CT molecular complexity index is 179. The van der Waals surface area contributed by atoms with Crippen molar-refractivity contribution >= 4 is 5.78 Å². The third kappa shape index (κ3) is 9.51. The minimum atomic E-state index is -4.13. The summed E-state index contributed by atoms with van der Waals surface area (Å²) >= 11 is 0. The van der Waals surface area contributed by atoms with Crippen LogP contribution in [0.1, 0.15) is 26.2 Å². The Morgan fingerprint density at radius 3 is 2.29 bits per heavy atom. The highest BCUT2D eigenvalue weighted by Gasteiger charge is 2.28. The van der Waals surface area contributed by atoms with E-state index in [2.05, 4.69) is 0 Å². The molecule has 0 aromatic carbocycles. The third-order valence-corrected chi connectivity index (χ3v) is 1.77. The zero-order chi connectivity index (χ0) is 11.2. The van der Waals surface area contributed by atoms with Crippen molar-refractivity contribution in [2.75, 3.05) is 20.1 Å². The Morgan fingerprint density at radius 1 is 1.29 bits per heavy atom. The van der Waals surface area contributed by atoms with E-state index in [1.54, 1.807) is 0 Å². The van der Waals surface area contributed by atoms with Crippen molar-refractivity contribution in [2.24, 2.45) is 0 Å². The number of hydrogen-bond donors (Lipinski definition) is 0. The maximum atomic E-state index is 11.8. The van der Waals surface area contributed by atoms with Crippen LogP contribution in [0.3, 0.4) is 0 Å². The van der Waals surface area contributed by atoms with Crippen LogP contribution in [0.15, 0.2) is 0 Å². The number of hydrogen-bond acceptors (Lipinski definition) is 2. The molecule has 0 aliphatic heterocycles. The molecule has 0 spiro atoms. The highest BCUT2D eigenvalue weighted by atomic mass is 19.4. The van der Waals surface area contributed by atoms with Gasteiger partial charge in [-0.25, -0.2) is 0 Å². The quantitative estimate of drug-likeness (QED) is 0.628. The molecular formula is C9H16F3NO. The number of unbranched alkanes of at least 4 members (excludes halogenated alkanes) is 1. The predicted octanol–water partition coefficient (Wildman–Crippen LogP) is 2.24. The van der Waals surface area contributed by atoms with Crippen molar-refractivity contribution < 1.29 is 18.0 Å². The van der Waals surface area contributed by atoms with Gasteiger partial charge in [0.2, 0.25) is 0 Å². The van der Waals surface area contributed by atoms with Crippen molar-refractivity contribution in [3.63, 3.8) is 0 Å². The van der Waals surface area contributed by atoms with Gasteiger partial charge in [0.25, 0.3) is 0 Å². The first-order chi connectivity index (χ1) is 6.31. The number of carbonyl (C=O) groups is 1. The minimum Gasteiger partial charge on any atom is -0.300 e. The van der Waals surface area contributed by atoms with Crippen LogP contribution in [0.2, 0.25) is 0 Å². The zero-order valence-electron chi connectivity index (χ0n) is 8.52. The van der Waals surface area contributed by atoms with E-state index in [1.807, 2.05) is 0 Å². The fourth-order valence-corrected chi connectivity index (χ4v) is 1.14. The predicted molar refractivity (Wildman–Crippen MR) is 48.1 cm³/mol. The van der Waals surface area contributed by atoms with Crippen molar-refractivity contribution in [3.05, 3.63) is 0 Å². The maximum Gasteiger partial charge on any atom is 0.401 e. The molecule has 0 aliphatic carbocycles. The highest BCUT2D eigenvalue weighted by molar-refractivity contribution is 5.75.